The van der Waals surface area contributed by atoms with E-state index < -0.39 is 0 Å². The molecule has 0 bridgehead atoms. The number of likely N-dealkylation sites (tertiary alicyclic amines) is 1. The Morgan fingerprint density at radius 3 is 2.43 bits per heavy atom. The lowest BCUT2D eigenvalue weighted by atomic mass is 9.68. The molecule has 42 heavy (non-hydrogen) atoms. The number of aliphatic hydroxyl groups is 1. The summed E-state index contributed by atoms with van der Waals surface area (Å²) in [5.74, 6) is 0.841. The molecule has 5 aromatic rings. The summed E-state index contributed by atoms with van der Waals surface area (Å²) in [6.07, 6.45) is 7.68. The second-order valence-electron chi connectivity index (χ2n) is 11.8. The Kier molecular flexibility index (Phi) is 7.24. The second-order valence-corrected chi connectivity index (χ2v) is 11.8. The van der Waals surface area contributed by atoms with Gasteiger partial charge in [-0.1, -0.05) is 30.3 Å². The fourth-order valence-corrected chi connectivity index (χ4v) is 7.12. The van der Waals surface area contributed by atoms with Crippen LogP contribution in [0.5, 0.6) is 5.75 Å². The van der Waals surface area contributed by atoms with E-state index in [0.717, 1.165) is 73.8 Å². The van der Waals surface area contributed by atoms with Crippen LogP contribution in [0.25, 0.3) is 22.2 Å². The van der Waals surface area contributed by atoms with Gasteiger partial charge in [-0.2, -0.15) is 0 Å². The van der Waals surface area contributed by atoms with Gasteiger partial charge in [-0.15, -0.1) is 0 Å². The van der Waals surface area contributed by atoms with E-state index in [1.54, 1.807) is 7.11 Å². The Morgan fingerprint density at radius 1 is 0.929 bits per heavy atom. The monoisotopic (exact) mass is 559 g/mol. The molecule has 2 aliphatic heterocycles. The molecular weight excluding hydrogens is 522 g/mol. The van der Waals surface area contributed by atoms with Crippen LogP contribution in [0.3, 0.4) is 0 Å². The van der Waals surface area contributed by atoms with Crippen molar-refractivity contribution >= 4 is 10.9 Å². The van der Waals surface area contributed by atoms with Gasteiger partial charge in [0, 0.05) is 71.9 Å². The van der Waals surface area contributed by atoms with E-state index >= 15 is 0 Å². The number of hydrogen-bond acceptors (Lipinski definition) is 6. The lowest BCUT2D eigenvalue weighted by molar-refractivity contribution is 0.0420. The average Bonchev–Trinajstić information content (AvgIpc) is 3.43. The van der Waals surface area contributed by atoms with Crippen molar-refractivity contribution < 1.29 is 9.84 Å². The minimum atomic E-state index is -0.0900. The van der Waals surface area contributed by atoms with Crippen molar-refractivity contribution in [1.82, 2.24) is 24.8 Å². The lowest BCUT2D eigenvalue weighted by Crippen LogP contribution is -2.53. The maximum atomic E-state index is 10.7. The number of nitrogens with one attached hydrogen (secondary N) is 1. The number of nitrogens with zero attached hydrogens (tertiary/aromatic N) is 4. The SMILES string of the molecule is COc1ccc2c3c([nH]c2c1)[C@@H](CO)N(Cc1ccncc1)CC31CCN(Cc2ccc(-c3ccccn3)cc2)CC1. The van der Waals surface area contributed by atoms with E-state index in [4.69, 9.17) is 4.74 Å². The van der Waals surface area contributed by atoms with Crippen LogP contribution in [0.15, 0.2) is 91.4 Å². The molecule has 5 heterocycles. The Balaban J connectivity index is 1.17. The van der Waals surface area contributed by atoms with Crippen molar-refractivity contribution in [3.05, 3.63) is 114 Å². The maximum Gasteiger partial charge on any atom is 0.120 e. The quantitative estimate of drug-likeness (QED) is 0.266. The molecule has 2 aliphatic rings. The van der Waals surface area contributed by atoms with Gasteiger partial charge in [0.15, 0.2) is 0 Å². The largest absolute Gasteiger partial charge is 0.497 e. The Morgan fingerprint density at radius 2 is 1.71 bits per heavy atom. The predicted molar refractivity (Wildman–Crippen MR) is 165 cm³/mol. The summed E-state index contributed by atoms with van der Waals surface area (Å²) in [6.45, 7) is 4.75. The van der Waals surface area contributed by atoms with Crippen LogP contribution >= 0.6 is 0 Å². The highest BCUT2D eigenvalue weighted by Gasteiger charge is 2.47. The zero-order chi connectivity index (χ0) is 28.5. The second kappa shape index (κ2) is 11.3. The minimum absolute atomic E-state index is 0.000207. The Hall–Kier alpha value is -4.04. The summed E-state index contributed by atoms with van der Waals surface area (Å²) in [6, 6.07) is 25.3. The number of fused-ring (bicyclic) bond motifs is 4. The number of aliphatic hydroxyl groups excluding tert-OH is 1. The molecule has 1 atom stereocenters. The van der Waals surface area contributed by atoms with Crippen molar-refractivity contribution in [3.8, 4) is 17.0 Å². The molecule has 7 rings (SSSR count). The third-order valence-corrected chi connectivity index (χ3v) is 9.29. The highest BCUT2D eigenvalue weighted by molar-refractivity contribution is 5.87. The van der Waals surface area contributed by atoms with Crippen molar-refractivity contribution in [2.45, 2.75) is 37.4 Å². The number of aromatic nitrogens is 3. The number of pyridine rings is 2. The third kappa shape index (κ3) is 4.98. The van der Waals surface area contributed by atoms with Gasteiger partial charge in [0.2, 0.25) is 0 Å². The fraction of sp³-hybridized carbons (Fsp3) is 0.314. The van der Waals surface area contributed by atoms with Gasteiger partial charge >= 0.3 is 0 Å². The van der Waals surface area contributed by atoms with Crippen LogP contribution in [0.1, 0.15) is 41.3 Å². The van der Waals surface area contributed by atoms with Crippen LogP contribution in [-0.2, 0) is 18.5 Å². The van der Waals surface area contributed by atoms with Gasteiger partial charge < -0.3 is 14.8 Å². The number of benzene rings is 2. The molecule has 0 amide bonds. The molecule has 0 saturated carbocycles. The summed E-state index contributed by atoms with van der Waals surface area (Å²) >= 11 is 0. The number of ether oxygens (including phenoxy) is 1. The van der Waals surface area contributed by atoms with Crippen molar-refractivity contribution in [1.29, 1.82) is 0 Å². The summed E-state index contributed by atoms with van der Waals surface area (Å²) < 4.78 is 5.55. The summed E-state index contributed by atoms with van der Waals surface area (Å²) in [7, 11) is 1.71. The molecule has 0 radical (unpaired) electrons. The maximum absolute atomic E-state index is 10.7. The van der Waals surface area contributed by atoms with E-state index in [1.165, 1.54) is 22.1 Å². The van der Waals surface area contributed by atoms with Crippen LogP contribution < -0.4 is 4.74 Å². The smallest absolute Gasteiger partial charge is 0.120 e. The highest BCUT2D eigenvalue weighted by atomic mass is 16.5. The molecule has 214 valence electrons. The number of piperidine rings is 1. The van der Waals surface area contributed by atoms with Gasteiger partial charge in [-0.25, -0.2) is 0 Å². The van der Waals surface area contributed by atoms with Gasteiger partial charge in [0.25, 0.3) is 0 Å². The van der Waals surface area contributed by atoms with Crippen molar-refractivity contribution in [2.24, 2.45) is 0 Å². The third-order valence-electron chi connectivity index (χ3n) is 9.29. The van der Waals surface area contributed by atoms with Gasteiger partial charge in [-0.3, -0.25) is 19.8 Å². The number of aromatic amines is 1. The van der Waals surface area contributed by atoms with Crippen molar-refractivity contribution in [2.75, 3.05) is 33.4 Å². The summed E-state index contributed by atoms with van der Waals surface area (Å²) in [5.41, 5.74) is 8.32. The number of hydrogen-bond donors (Lipinski definition) is 2. The molecule has 1 fully saturated rings. The predicted octanol–water partition coefficient (Wildman–Crippen LogP) is 5.72. The molecule has 7 heteroatoms. The van der Waals surface area contributed by atoms with Gasteiger partial charge in [-0.05, 0) is 79.0 Å². The first kappa shape index (κ1) is 26.8. The first-order valence-electron chi connectivity index (χ1n) is 14.8. The number of rotatable bonds is 7. The van der Waals surface area contributed by atoms with E-state index in [0.29, 0.717) is 0 Å². The molecule has 2 aromatic carbocycles. The number of H-pyrrole nitrogens is 1. The highest BCUT2D eigenvalue weighted by Crippen LogP contribution is 2.49. The van der Waals surface area contributed by atoms with Crippen LogP contribution in [0.2, 0.25) is 0 Å². The lowest BCUT2D eigenvalue weighted by Gasteiger charge is -2.50. The van der Waals surface area contributed by atoms with E-state index in [2.05, 4.69) is 85.4 Å². The Bertz CT molecular complexity index is 1640. The van der Waals surface area contributed by atoms with Crippen LogP contribution in [0.4, 0.5) is 0 Å². The first-order valence-corrected chi connectivity index (χ1v) is 14.8. The van der Waals surface area contributed by atoms with Crippen LogP contribution in [-0.4, -0.2) is 63.2 Å². The summed E-state index contributed by atoms with van der Waals surface area (Å²) in [4.78, 5) is 17.5. The van der Waals surface area contributed by atoms with E-state index in [9.17, 15) is 5.11 Å². The Labute approximate surface area is 246 Å². The van der Waals surface area contributed by atoms with E-state index in [-0.39, 0.29) is 18.1 Å². The molecule has 3 aromatic heterocycles. The molecule has 1 spiro atoms. The van der Waals surface area contributed by atoms with Gasteiger partial charge in [0.1, 0.15) is 5.75 Å². The molecule has 0 unspecified atom stereocenters. The van der Waals surface area contributed by atoms with E-state index in [1.807, 2.05) is 30.7 Å². The fourth-order valence-electron chi connectivity index (χ4n) is 7.12. The van der Waals surface area contributed by atoms with Gasteiger partial charge in [0.05, 0.1) is 25.5 Å². The van der Waals surface area contributed by atoms with Crippen molar-refractivity contribution in [3.63, 3.8) is 0 Å². The zero-order valence-corrected chi connectivity index (χ0v) is 24.0. The normalized spacial score (nSPS) is 18.8. The summed E-state index contributed by atoms with van der Waals surface area (Å²) in [5, 5.41) is 11.9. The number of methoxy groups -OCH3 is 1. The first-order chi connectivity index (χ1) is 20.7. The topological polar surface area (TPSA) is 77.5 Å². The average molecular weight is 560 g/mol. The minimum Gasteiger partial charge on any atom is -0.497 e. The standard InChI is InChI=1S/C35H37N5O2/c1-42-28-9-10-29-31(20-28)38-34-32(23-41)40(22-26-11-16-36-17-12-26)24-35(33(29)34)13-18-39(19-14-35)21-25-5-7-27(8-6-25)30-4-2-3-15-37-30/h2-12,15-17,20,32,38,41H,13-14,18-19,21-24H2,1H3/t32-/m1/s1. The molecule has 0 aliphatic carbocycles. The molecule has 7 nitrogen and oxygen atoms in total. The zero-order valence-electron chi connectivity index (χ0n) is 24.0. The molecule has 1 saturated heterocycles. The molecule has 2 N–H and O–H groups in total. The molecular formula is C35H37N5O2. The van der Waals surface area contributed by atoms with Crippen LogP contribution in [0, 0.1) is 0 Å².